The molecule has 0 aliphatic carbocycles. The summed E-state index contributed by atoms with van der Waals surface area (Å²) in [5.41, 5.74) is 7.28. The second kappa shape index (κ2) is 4.24. The maximum Gasteiger partial charge on any atom is 0.165 e. The Balaban J connectivity index is 2.46. The Hall–Kier alpha value is -2.01. The molecule has 0 aliphatic heterocycles. The number of nitrogens with zero attached hydrogens (tertiary/aromatic N) is 2. The normalized spacial score (nSPS) is 10.4. The zero-order valence-corrected chi connectivity index (χ0v) is 8.39. The molecule has 0 spiro atoms. The third-order valence-corrected chi connectivity index (χ3v) is 2.18. The molecule has 0 radical (unpaired) electrons. The molecule has 82 valence electrons. The molecule has 0 saturated heterocycles. The third kappa shape index (κ3) is 1.99. The molecule has 0 bridgehead atoms. The standard InChI is InChI=1S/C11H10FN3O/c12-9-3-7(1-2-11(9)16)10-4-8(5-13)14-6-15-10/h1-4,6,16H,5,13H2. The van der Waals surface area contributed by atoms with Crippen LogP contribution in [-0.2, 0) is 6.54 Å². The van der Waals surface area contributed by atoms with Gasteiger partial charge in [-0.15, -0.1) is 0 Å². The first-order valence-electron chi connectivity index (χ1n) is 4.70. The van der Waals surface area contributed by atoms with Gasteiger partial charge in [0.05, 0.1) is 11.4 Å². The predicted molar refractivity (Wildman–Crippen MR) is 57.0 cm³/mol. The van der Waals surface area contributed by atoms with Crippen LogP contribution in [0.1, 0.15) is 5.69 Å². The summed E-state index contributed by atoms with van der Waals surface area (Å²) in [5.74, 6) is -1.05. The Morgan fingerprint density at radius 3 is 2.75 bits per heavy atom. The van der Waals surface area contributed by atoms with Gasteiger partial charge in [0.25, 0.3) is 0 Å². The first kappa shape index (κ1) is 10.5. The molecule has 0 saturated carbocycles. The molecule has 1 aromatic carbocycles. The van der Waals surface area contributed by atoms with E-state index in [2.05, 4.69) is 9.97 Å². The van der Waals surface area contributed by atoms with Crippen molar-refractivity contribution in [1.82, 2.24) is 9.97 Å². The second-order valence-electron chi connectivity index (χ2n) is 3.26. The van der Waals surface area contributed by atoms with E-state index >= 15 is 0 Å². The van der Waals surface area contributed by atoms with Gasteiger partial charge in [-0.2, -0.15) is 0 Å². The minimum absolute atomic E-state index is 0.302. The number of rotatable bonds is 2. The molecule has 3 N–H and O–H groups in total. The molecule has 0 amide bonds. The van der Waals surface area contributed by atoms with Gasteiger partial charge in [0.1, 0.15) is 6.33 Å². The van der Waals surface area contributed by atoms with Crippen LogP contribution < -0.4 is 5.73 Å². The fourth-order valence-electron chi connectivity index (χ4n) is 1.33. The Labute approximate surface area is 91.6 Å². The zero-order chi connectivity index (χ0) is 11.5. The summed E-state index contributed by atoms with van der Waals surface area (Å²) in [6.07, 6.45) is 1.38. The predicted octanol–water partition coefficient (Wildman–Crippen LogP) is 1.45. The Bertz CT molecular complexity index is 516. The van der Waals surface area contributed by atoms with E-state index in [1.165, 1.54) is 18.5 Å². The number of benzene rings is 1. The van der Waals surface area contributed by atoms with Crippen molar-refractivity contribution in [2.24, 2.45) is 5.73 Å². The molecule has 16 heavy (non-hydrogen) atoms. The van der Waals surface area contributed by atoms with Crippen molar-refractivity contribution in [3.63, 3.8) is 0 Å². The van der Waals surface area contributed by atoms with Crippen molar-refractivity contribution >= 4 is 0 Å². The molecular formula is C11H10FN3O. The van der Waals surface area contributed by atoms with E-state index in [4.69, 9.17) is 10.8 Å². The molecule has 5 heteroatoms. The van der Waals surface area contributed by atoms with Crippen molar-refractivity contribution in [2.75, 3.05) is 0 Å². The topological polar surface area (TPSA) is 72.0 Å². The minimum Gasteiger partial charge on any atom is -0.505 e. The Kier molecular flexibility index (Phi) is 2.78. The number of hydrogen-bond acceptors (Lipinski definition) is 4. The third-order valence-electron chi connectivity index (χ3n) is 2.18. The van der Waals surface area contributed by atoms with Crippen LogP contribution in [0.4, 0.5) is 4.39 Å². The Morgan fingerprint density at radius 2 is 2.06 bits per heavy atom. The maximum absolute atomic E-state index is 13.1. The second-order valence-corrected chi connectivity index (χ2v) is 3.26. The van der Waals surface area contributed by atoms with Gasteiger partial charge in [-0.05, 0) is 24.3 Å². The van der Waals surface area contributed by atoms with E-state index in [0.29, 0.717) is 23.5 Å². The van der Waals surface area contributed by atoms with E-state index in [0.717, 1.165) is 0 Å². The lowest BCUT2D eigenvalue weighted by Crippen LogP contribution is -2.00. The number of hydrogen-bond donors (Lipinski definition) is 2. The SMILES string of the molecule is NCc1cc(-c2ccc(O)c(F)c2)ncn1. The highest BCUT2D eigenvalue weighted by molar-refractivity contribution is 5.60. The van der Waals surface area contributed by atoms with E-state index in [-0.39, 0.29) is 5.75 Å². The summed E-state index contributed by atoms with van der Waals surface area (Å²) < 4.78 is 13.1. The van der Waals surface area contributed by atoms with Crippen molar-refractivity contribution < 1.29 is 9.50 Å². The van der Waals surface area contributed by atoms with Crippen molar-refractivity contribution in [2.45, 2.75) is 6.54 Å². The largest absolute Gasteiger partial charge is 0.505 e. The zero-order valence-electron chi connectivity index (χ0n) is 8.39. The van der Waals surface area contributed by atoms with Crippen LogP contribution in [0.2, 0.25) is 0 Å². The van der Waals surface area contributed by atoms with Gasteiger partial charge in [0, 0.05) is 12.1 Å². The number of phenolic OH excluding ortho intramolecular Hbond substituents is 1. The number of aromatic hydroxyl groups is 1. The van der Waals surface area contributed by atoms with E-state index in [9.17, 15) is 4.39 Å². The van der Waals surface area contributed by atoms with Crippen LogP contribution in [0.25, 0.3) is 11.3 Å². The number of halogens is 1. The van der Waals surface area contributed by atoms with Gasteiger partial charge in [-0.3, -0.25) is 0 Å². The smallest absolute Gasteiger partial charge is 0.165 e. The molecule has 0 atom stereocenters. The molecule has 0 aliphatic rings. The van der Waals surface area contributed by atoms with Gasteiger partial charge in [-0.25, -0.2) is 14.4 Å². The summed E-state index contributed by atoms with van der Waals surface area (Å²) in [4.78, 5) is 7.96. The van der Waals surface area contributed by atoms with Crippen LogP contribution in [0.5, 0.6) is 5.75 Å². The summed E-state index contributed by atoms with van der Waals surface area (Å²) in [5, 5.41) is 9.06. The van der Waals surface area contributed by atoms with Gasteiger partial charge >= 0.3 is 0 Å². The van der Waals surface area contributed by atoms with Crippen LogP contribution in [-0.4, -0.2) is 15.1 Å². The van der Waals surface area contributed by atoms with Gasteiger partial charge in [0.15, 0.2) is 11.6 Å². The van der Waals surface area contributed by atoms with Crippen LogP contribution >= 0.6 is 0 Å². The highest BCUT2D eigenvalue weighted by Crippen LogP contribution is 2.23. The van der Waals surface area contributed by atoms with Crippen molar-refractivity contribution in [3.05, 3.63) is 42.1 Å². The van der Waals surface area contributed by atoms with Crippen LogP contribution in [0, 0.1) is 5.82 Å². The van der Waals surface area contributed by atoms with E-state index < -0.39 is 5.82 Å². The molecule has 2 rings (SSSR count). The molecule has 1 aromatic heterocycles. The number of nitrogens with two attached hydrogens (primary N) is 1. The van der Waals surface area contributed by atoms with Gasteiger partial charge in [0.2, 0.25) is 0 Å². The average molecular weight is 219 g/mol. The highest BCUT2D eigenvalue weighted by atomic mass is 19.1. The van der Waals surface area contributed by atoms with Crippen molar-refractivity contribution in [3.8, 4) is 17.0 Å². The average Bonchev–Trinajstić information content (AvgIpc) is 2.33. The van der Waals surface area contributed by atoms with E-state index in [1.807, 2.05) is 0 Å². The first-order chi connectivity index (χ1) is 7.70. The molecule has 2 aromatic rings. The van der Waals surface area contributed by atoms with Crippen LogP contribution in [0.15, 0.2) is 30.6 Å². The monoisotopic (exact) mass is 219 g/mol. The summed E-state index contributed by atoms with van der Waals surface area (Å²) in [7, 11) is 0. The lowest BCUT2D eigenvalue weighted by atomic mass is 10.1. The minimum atomic E-state index is -0.676. The van der Waals surface area contributed by atoms with Crippen LogP contribution in [0.3, 0.4) is 0 Å². The summed E-state index contributed by atoms with van der Waals surface area (Å²) in [6, 6.07) is 5.78. The molecule has 0 unspecified atom stereocenters. The fourth-order valence-corrected chi connectivity index (χ4v) is 1.33. The number of phenols is 1. The number of aromatic nitrogens is 2. The van der Waals surface area contributed by atoms with Gasteiger partial charge < -0.3 is 10.8 Å². The molecule has 0 fully saturated rings. The van der Waals surface area contributed by atoms with Crippen molar-refractivity contribution in [1.29, 1.82) is 0 Å². The first-order valence-corrected chi connectivity index (χ1v) is 4.70. The van der Waals surface area contributed by atoms with E-state index in [1.54, 1.807) is 12.1 Å². The Morgan fingerprint density at radius 1 is 1.25 bits per heavy atom. The summed E-state index contributed by atoms with van der Waals surface area (Å²) in [6.45, 7) is 0.302. The maximum atomic E-state index is 13.1. The molecular weight excluding hydrogens is 209 g/mol. The highest BCUT2D eigenvalue weighted by Gasteiger charge is 2.05. The fraction of sp³-hybridized carbons (Fsp3) is 0.0909. The lowest BCUT2D eigenvalue weighted by molar-refractivity contribution is 0.432. The lowest BCUT2D eigenvalue weighted by Gasteiger charge is -2.03. The quantitative estimate of drug-likeness (QED) is 0.801. The van der Waals surface area contributed by atoms with Gasteiger partial charge in [-0.1, -0.05) is 0 Å². The molecule has 4 nitrogen and oxygen atoms in total. The molecule has 1 heterocycles. The summed E-state index contributed by atoms with van der Waals surface area (Å²) >= 11 is 0.